The Labute approximate surface area is 210 Å². The Morgan fingerprint density at radius 1 is 0.706 bits per heavy atom. The van der Waals surface area contributed by atoms with Gasteiger partial charge in [-0.05, 0) is 19.3 Å². The number of carbonyl (C=O) groups is 1. The topological polar surface area (TPSA) is 137 Å². The summed E-state index contributed by atoms with van der Waals surface area (Å²) in [5.41, 5.74) is 11.0. The zero-order valence-corrected chi connectivity index (χ0v) is 22.2. The molecule has 0 aliphatic heterocycles. The largest absolute Gasteiger partial charge is 0.392 e. The maximum absolute atomic E-state index is 11.8. The lowest BCUT2D eigenvalue weighted by molar-refractivity contribution is -0.121. The summed E-state index contributed by atoms with van der Waals surface area (Å²) in [5, 5.41) is 23.8. The predicted octanol–water partition coefficient (Wildman–Crippen LogP) is 2.00. The number of aliphatic hydroxyl groups is 1. The van der Waals surface area contributed by atoms with Crippen LogP contribution in [0, 0.1) is 0 Å². The summed E-state index contributed by atoms with van der Waals surface area (Å²) in [6.07, 6.45) is 15.2. The molecule has 0 aliphatic carbocycles. The highest BCUT2D eigenvalue weighted by atomic mass is 16.3. The molecule has 8 heteroatoms. The number of hydrogen-bond acceptors (Lipinski definition) is 7. The van der Waals surface area contributed by atoms with Gasteiger partial charge in [-0.25, -0.2) is 0 Å². The maximum Gasteiger partial charge on any atom is 0.220 e. The average molecular weight is 487 g/mol. The van der Waals surface area contributed by atoms with Crippen LogP contribution in [-0.4, -0.2) is 75.5 Å². The Morgan fingerprint density at radius 2 is 1.26 bits per heavy atom. The molecular formula is C26H58N6O2. The van der Waals surface area contributed by atoms with E-state index < -0.39 is 0 Å². The quantitative estimate of drug-likeness (QED) is 0.0882. The van der Waals surface area contributed by atoms with Crippen LogP contribution in [0.5, 0.6) is 0 Å². The van der Waals surface area contributed by atoms with Crippen molar-refractivity contribution in [2.75, 3.05) is 52.4 Å². The second kappa shape index (κ2) is 26.8. The Kier molecular flexibility index (Phi) is 26.2. The summed E-state index contributed by atoms with van der Waals surface area (Å²) in [6.45, 7) is 8.29. The third kappa shape index (κ3) is 23.0. The SMILES string of the molecule is CCCCCCCCC(O)C(CCCCCCCC(=O)NCCNCCN)NCCNCCN. The molecule has 9 N–H and O–H groups in total. The van der Waals surface area contributed by atoms with Crippen molar-refractivity contribution in [2.24, 2.45) is 11.5 Å². The van der Waals surface area contributed by atoms with Crippen molar-refractivity contribution < 1.29 is 9.90 Å². The fourth-order valence-corrected chi connectivity index (χ4v) is 4.12. The molecule has 0 bridgehead atoms. The number of nitrogens with one attached hydrogen (secondary N) is 4. The van der Waals surface area contributed by atoms with Crippen LogP contribution in [0.4, 0.5) is 0 Å². The molecule has 2 atom stereocenters. The van der Waals surface area contributed by atoms with E-state index in [2.05, 4.69) is 28.2 Å². The van der Waals surface area contributed by atoms with Crippen molar-refractivity contribution in [3.63, 3.8) is 0 Å². The number of aliphatic hydroxyl groups excluding tert-OH is 1. The van der Waals surface area contributed by atoms with Gasteiger partial charge in [0.1, 0.15) is 0 Å². The molecule has 0 spiro atoms. The molecule has 34 heavy (non-hydrogen) atoms. The summed E-state index contributed by atoms with van der Waals surface area (Å²) in [4.78, 5) is 11.8. The van der Waals surface area contributed by atoms with Gasteiger partial charge in [-0.1, -0.05) is 71.1 Å². The van der Waals surface area contributed by atoms with Crippen LogP contribution in [0.15, 0.2) is 0 Å². The molecular weight excluding hydrogens is 428 g/mol. The van der Waals surface area contributed by atoms with Gasteiger partial charge in [0.05, 0.1) is 6.10 Å². The van der Waals surface area contributed by atoms with E-state index in [4.69, 9.17) is 11.5 Å². The molecule has 1 amide bonds. The predicted molar refractivity (Wildman–Crippen MR) is 145 cm³/mol. The lowest BCUT2D eigenvalue weighted by Gasteiger charge is -2.25. The van der Waals surface area contributed by atoms with Crippen LogP contribution in [0.25, 0.3) is 0 Å². The van der Waals surface area contributed by atoms with Crippen molar-refractivity contribution in [2.45, 2.75) is 109 Å². The number of hydrogen-bond donors (Lipinski definition) is 7. The molecule has 0 heterocycles. The minimum atomic E-state index is -0.274. The molecule has 204 valence electrons. The minimum absolute atomic E-state index is 0.139. The lowest BCUT2D eigenvalue weighted by atomic mass is 9.97. The number of carbonyl (C=O) groups excluding carboxylic acids is 1. The van der Waals surface area contributed by atoms with E-state index in [1.165, 1.54) is 32.1 Å². The van der Waals surface area contributed by atoms with Gasteiger partial charge in [0.15, 0.2) is 0 Å². The molecule has 0 fully saturated rings. The number of amides is 1. The van der Waals surface area contributed by atoms with Gasteiger partial charge in [-0.2, -0.15) is 0 Å². The van der Waals surface area contributed by atoms with Crippen LogP contribution in [0.1, 0.15) is 96.8 Å². The van der Waals surface area contributed by atoms with Crippen LogP contribution in [-0.2, 0) is 4.79 Å². The maximum atomic E-state index is 11.8. The average Bonchev–Trinajstić information content (AvgIpc) is 2.83. The molecule has 2 unspecified atom stereocenters. The van der Waals surface area contributed by atoms with Crippen LogP contribution in [0.3, 0.4) is 0 Å². The third-order valence-corrected chi connectivity index (χ3v) is 6.21. The first kappa shape index (κ1) is 33.2. The zero-order valence-electron chi connectivity index (χ0n) is 22.2. The summed E-state index contributed by atoms with van der Waals surface area (Å²) < 4.78 is 0. The number of unbranched alkanes of at least 4 members (excludes halogenated alkanes) is 9. The Balaban J connectivity index is 3.96. The van der Waals surface area contributed by atoms with Gasteiger partial charge in [0, 0.05) is 64.8 Å². The fraction of sp³-hybridized carbons (Fsp3) is 0.962. The standard InChI is InChI=1S/C26H58N6O2/c1-2-3-4-5-8-11-14-25(33)24(31-22-20-29-18-16-27)13-10-7-6-9-12-15-26(34)32-23-21-30-19-17-28/h24-25,29-31,33H,2-23,27-28H2,1H3,(H,32,34). The Hall–Kier alpha value is -0.770. The summed E-state index contributed by atoms with van der Waals surface area (Å²) in [7, 11) is 0. The van der Waals surface area contributed by atoms with E-state index in [1.807, 2.05) is 0 Å². The normalized spacial score (nSPS) is 13.2. The summed E-state index contributed by atoms with van der Waals surface area (Å²) in [5.74, 6) is 0.139. The van der Waals surface area contributed by atoms with E-state index >= 15 is 0 Å². The molecule has 0 aromatic carbocycles. The molecule has 0 saturated carbocycles. The molecule has 0 rings (SSSR count). The van der Waals surface area contributed by atoms with Crippen LogP contribution < -0.4 is 32.7 Å². The van der Waals surface area contributed by atoms with E-state index in [9.17, 15) is 9.90 Å². The van der Waals surface area contributed by atoms with E-state index in [1.54, 1.807) is 0 Å². The van der Waals surface area contributed by atoms with Crippen molar-refractivity contribution in [3.05, 3.63) is 0 Å². The second-order valence-corrected chi connectivity index (χ2v) is 9.42. The monoisotopic (exact) mass is 486 g/mol. The highest BCUT2D eigenvalue weighted by Crippen LogP contribution is 2.15. The van der Waals surface area contributed by atoms with E-state index in [-0.39, 0.29) is 18.1 Å². The van der Waals surface area contributed by atoms with Crippen LogP contribution >= 0.6 is 0 Å². The van der Waals surface area contributed by atoms with E-state index in [0.29, 0.717) is 26.1 Å². The van der Waals surface area contributed by atoms with Gasteiger partial charge in [0.25, 0.3) is 0 Å². The van der Waals surface area contributed by atoms with Gasteiger partial charge in [-0.15, -0.1) is 0 Å². The van der Waals surface area contributed by atoms with Gasteiger partial charge < -0.3 is 37.8 Å². The summed E-state index contributed by atoms with van der Waals surface area (Å²) >= 11 is 0. The van der Waals surface area contributed by atoms with Crippen molar-refractivity contribution in [3.8, 4) is 0 Å². The Morgan fingerprint density at radius 3 is 1.91 bits per heavy atom. The number of rotatable bonds is 27. The third-order valence-electron chi connectivity index (χ3n) is 6.21. The van der Waals surface area contributed by atoms with Crippen molar-refractivity contribution in [1.82, 2.24) is 21.3 Å². The van der Waals surface area contributed by atoms with Crippen molar-refractivity contribution in [1.29, 1.82) is 0 Å². The molecule has 0 radical (unpaired) electrons. The van der Waals surface area contributed by atoms with Gasteiger partial charge in [0.2, 0.25) is 5.91 Å². The zero-order chi connectivity index (χ0) is 25.1. The first-order chi connectivity index (χ1) is 16.7. The lowest BCUT2D eigenvalue weighted by Crippen LogP contribution is -2.43. The first-order valence-electron chi connectivity index (χ1n) is 14.1. The van der Waals surface area contributed by atoms with E-state index in [0.717, 1.165) is 84.1 Å². The van der Waals surface area contributed by atoms with Gasteiger partial charge in [-0.3, -0.25) is 4.79 Å². The highest BCUT2D eigenvalue weighted by molar-refractivity contribution is 5.75. The molecule has 0 aromatic heterocycles. The molecule has 0 saturated heterocycles. The molecule has 8 nitrogen and oxygen atoms in total. The first-order valence-corrected chi connectivity index (χ1v) is 14.1. The van der Waals surface area contributed by atoms with Gasteiger partial charge >= 0.3 is 0 Å². The summed E-state index contributed by atoms with van der Waals surface area (Å²) in [6, 6.07) is 0.161. The van der Waals surface area contributed by atoms with Crippen LogP contribution in [0.2, 0.25) is 0 Å². The molecule has 0 aromatic rings. The Bertz CT molecular complexity index is 428. The highest BCUT2D eigenvalue weighted by Gasteiger charge is 2.17. The minimum Gasteiger partial charge on any atom is -0.392 e. The fourth-order valence-electron chi connectivity index (χ4n) is 4.12. The molecule has 0 aliphatic rings. The second-order valence-electron chi connectivity index (χ2n) is 9.42. The number of nitrogens with two attached hydrogens (primary N) is 2. The smallest absolute Gasteiger partial charge is 0.220 e. The van der Waals surface area contributed by atoms with Crippen molar-refractivity contribution >= 4 is 5.91 Å².